The zero-order valence-electron chi connectivity index (χ0n) is 6.19. The van der Waals surface area contributed by atoms with E-state index in [4.69, 9.17) is 9.68 Å². The molecule has 3 heteroatoms. The molecule has 0 radical (unpaired) electrons. The molecule has 1 N–H and O–H groups in total. The third-order valence-corrected chi connectivity index (χ3v) is 1.56. The lowest BCUT2D eigenvalue weighted by Crippen LogP contribution is -2.05. The smallest absolute Gasteiger partial charge is 0.0976 e. The van der Waals surface area contributed by atoms with Crippen molar-refractivity contribution in [1.29, 1.82) is 5.26 Å². The molecule has 11 heavy (non-hydrogen) atoms. The van der Waals surface area contributed by atoms with Crippen LogP contribution in [0.1, 0.15) is 18.6 Å². The van der Waals surface area contributed by atoms with Crippen LogP contribution in [0, 0.1) is 17.2 Å². The van der Waals surface area contributed by atoms with E-state index in [1.807, 2.05) is 6.07 Å². The number of nitrogens with zero attached hydrogens (tertiary/aromatic N) is 1. The Morgan fingerprint density at radius 1 is 1.73 bits per heavy atom. The second kappa shape index (κ2) is 3.22. The summed E-state index contributed by atoms with van der Waals surface area (Å²) in [5.41, 5.74) is 0.652. The fourth-order valence-electron chi connectivity index (χ4n) is 0.803. The molecule has 0 aliphatic heterocycles. The molecular weight excluding hydrogens is 142 g/mol. The first-order chi connectivity index (χ1) is 5.25. The molecule has 0 spiro atoms. The molecule has 2 unspecified atom stereocenters. The van der Waals surface area contributed by atoms with E-state index in [1.165, 1.54) is 12.5 Å². The molecule has 0 saturated carbocycles. The number of aliphatic hydroxyl groups excluding tert-OH is 1. The molecule has 2 atom stereocenters. The number of hydrogen-bond acceptors (Lipinski definition) is 3. The molecule has 0 aliphatic carbocycles. The zero-order valence-corrected chi connectivity index (χ0v) is 6.19. The third kappa shape index (κ3) is 1.60. The van der Waals surface area contributed by atoms with Crippen molar-refractivity contribution in [1.82, 2.24) is 0 Å². The van der Waals surface area contributed by atoms with E-state index in [1.54, 1.807) is 13.0 Å². The monoisotopic (exact) mass is 151 g/mol. The molecular formula is C8H9NO2. The van der Waals surface area contributed by atoms with Gasteiger partial charge in [-0.15, -0.1) is 0 Å². The van der Waals surface area contributed by atoms with Crippen molar-refractivity contribution < 1.29 is 9.52 Å². The Morgan fingerprint density at radius 2 is 2.45 bits per heavy atom. The minimum atomic E-state index is -0.737. The molecule has 1 aromatic heterocycles. The Hall–Kier alpha value is -1.27. The second-order valence-corrected chi connectivity index (χ2v) is 2.42. The third-order valence-electron chi connectivity index (χ3n) is 1.56. The van der Waals surface area contributed by atoms with Crippen LogP contribution in [0.25, 0.3) is 0 Å². The van der Waals surface area contributed by atoms with Gasteiger partial charge in [-0.2, -0.15) is 5.26 Å². The number of aliphatic hydroxyl groups is 1. The second-order valence-electron chi connectivity index (χ2n) is 2.42. The van der Waals surface area contributed by atoms with Crippen LogP contribution in [0.15, 0.2) is 23.0 Å². The van der Waals surface area contributed by atoms with Gasteiger partial charge in [-0.3, -0.25) is 0 Å². The lowest BCUT2D eigenvalue weighted by molar-refractivity contribution is 0.142. The molecule has 0 bridgehead atoms. The highest BCUT2D eigenvalue weighted by Crippen LogP contribution is 2.20. The Labute approximate surface area is 64.9 Å². The van der Waals surface area contributed by atoms with Crippen molar-refractivity contribution in [2.45, 2.75) is 13.0 Å². The summed E-state index contributed by atoms with van der Waals surface area (Å²) in [6.07, 6.45) is 2.18. The van der Waals surface area contributed by atoms with Crippen LogP contribution in [-0.4, -0.2) is 5.11 Å². The number of rotatable bonds is 2. The van der Waals surface area contributed by atoms with Gasteiger partial charge >= 0.3 is 0 Å². The molecule has 0 aliphatic rings. The lowest BCUT2D eigenvalue weighted by atomic mass is 10.0. The van der Waals surface area contributed by atoms with E-state index in [-0.39, 0.29) is 0 Å². The Balaban J connectivity index is 2.71. The normalized spacial score (nSPS) is 15.4. The van der Waals surface area contributed by atoms with Crippen LogP contribution in [-0.2, 0) is 0 Å². The van der Waals surface area contributed by atoms with Gasteiger partial charge in [-0.1, -0.05) is 0 Å². The van der Waals surface area contributed by atoms with E-state index < -0.39 is 12.0 Å². The minimum Gasteiger partial charge on any atom is -0.472 e. The van der Waals surface area contributed by atoms with Crippen molar-refractivity contribution in [3.63, 3.8) is 0 Å². The van der Waals surface area contributed by atoms with E-state index in [0.717, 1.165) is 0 Å². The van der Waals surface area contributed by atoms with Gasteiger partial charge in [-0.25, -0.2) is 0 Å². The molecule has 1 aromatic rings. The number of furan rings is 1. The summed E-state index contributed by atoms with van der Waals surface area (Å²) >= 11 is 0. The molecule has 0 aromatic carbocycles. The average molecular weight is 151 g/mol. The zero-order chi connectivity index (χ0) is 8.27. The van der Waals surface area contributed by atoms with E-state index >= 15 is 0 Å². The van der Waals surface area contributed by atoms with Crippen LogP contribution in [0.2, 0.25) is 0 Å². The van der Waals surface area contributed by atoms with E-state index in [2.05, 4.69) is 0 Å². The van der Waals surface area contributed by atoms with Crippen LogP contribution in [0.3, 0.4) is 0 Å². The maximum atomic E-state index is 9.40. The predicted octanol–water partition coefficient (Wildman–Crippen LogP) is 1.47. The van der Waals surface area contributed by atoms with Gasteiger partial charge in [0.1, 0.15) is 0 Å². The highest BCUT2D eigenvalue weighted by molar-refractivity contribution is 5.12. The highest BCUT2D eigenvalue weighted by Gasteiger charge is 2.15. The van der Waals surface area contributed by atoms with Gasteiger partial charge in [0.05, 0.1) is 30.6 Å². The standard InChI is InChI=1S/C8H9NO2/c1-6(4-9)8(10)7-2-3-11-5-7/h2-3,5-6,8,10H,1H3. The highest BCUT2D eigenvalue weighted by atomic mass is 16.3. The predicted molar refractivity (Wildman–Crippen MR) is 38.4 cm³/mol. The number of nitriles is 1. The van der Waals surface area contributed by atoms with Gasteiger partial charge in [-0.05, 0) is 13.0 Å². The molecule has 0 amide bonds. The van der Waals surface area contributed by atoms with Gasteiger partial charge < -0.3 is 9.52 Å². The first-order valence-corrected chi connectivity index (χ1v) is 3.35. The summed E-state index contributed by atoms with van der Waals surface area (Å²) in [5.74, 6) is -0.396. The molecule has 1 rings (SSSR count). The van der Waals surface area contributed by atoms with Crippen molar-refractivity contribution in [3.05, 3.63) is 24.2 Å². The average Bonchev–Trinajstić information content (AvgIpc) is 2.53. The first kappa shape index (κ1) is 7.83. The Kier molecular flexibility index (Phi) is 2.29. The quantitative estimate of drug-likeness (QED) is 0.696. The van der Waals surface area contributed by atoms with Crippen molar-refractivity contribution in [2.75, 3.05) is 0 Å². The molecule has 1 heterocycles. The minimum absolute atomic E-state index is 0.396. The maximum absolute atomic E-state index is 9.40. The number of hydrogen-bond donors (Lipinski definition) is 1. The lowest BCUT2D eigenvalue weighted by Gasteiger charge is -2.08. The van der Waals surface area contributed by atoms with Crippen molar-refractivity contribution in [2.24, 2.45) is 5.92 Å². The molecule has 58 valence electrons. The molecule has 0 fully saturated rings. The van der Waals surface area contributed by atoms with Crippen LogP contribution in [0.4, 0.5) is 0 Å². The summed E-state index contributed by atoms with van der Waals surface area (Å²) in [4.78, 5) is 0. The summed E-state index contributed by atoms with van der Waals surface area (Å²) in [7, 11) is 0. The SMILES string of the molecule is CC(C#N)C(O)c1ccoc1. The van der Waals surface area contributed by atoms with Crippen molar-refractivity contribution >= 4 is 0 Å². The van der Waals surface area contributed by atoms with Crippen molar-refractivity contribution in [3.8, 4) is 6.07 Å². The van der Waals surface area contributed by atoms with Crippen LogP contribution in [0.5, 0.6) is 0 Å². The summed E-state index contributed by atoms with van der Waals surface area (Å²) < 4.78 is 4.76. The Bertz CT molecular complexity index is 248. The van der Waals surface area contributed by atoms with Crippen LogP contribution >= 0.6 is 0 Å². The Morgan fingerprint density at radius 3 is 2.91 bits per heavy atom. The maximum Gasteiger partial charge on any atom is 0.0976 e. The summed E-state index contributed by atoms with van der Waals surface area (Å²) in [6.45, 7) is 1.66. The van der Waals surface area contributed by atoms with E-state index in [0.29, 0.717) is 5.56 Å². The summed E-state index contributed by atoms with van der Waals surface area (Å²) in [6, 6.07) is 3.61. The first-order valence-electron chi connectivity index (χ1n) is 3.35. The molecule has 3 nitrogen and oxygen atoms in total. The van der Waals surface area contributed by atoms with E-state index in [9.17, 15) is 5.11 Å². The fourth-order valence-corrected chi connectivity index (χ4v) is 0.803. The van der Waals surface area contributed by atoms with Gasteiger partial charge in [0.25, 0.3) is 0 Å². The fraction of sp³-hybridized carbons (Fsp3) is 0.375. The largest absolute Gasteiger partial charge is 0.472 e. The van der Waals surface area contributed by atoms with Gasteiger partial charge in [0, 0.05) is 5.56 Å². The summed E-state index contributed by atoms with van der Waals surface area (Å²) in [5, 5.41) is 17.9. The topological polar surface area (TPSA) is 57.2 Å². The van der Waals surface area contributed by atoms with Gasteiger partial charge in [0.15, 0.2) is 0 Å². The molecule has 0 saturated heterocycles. The van der Waals surface area contributed by atoms with Gasteiger partial charge in [0.2, 0.25) is 0 Å². The van der Waals surface area contributed by atoms with Crippen LogP contribution < -0.4 is 0 Å².